The van der Waals surface area contributed by atoms with Crippen molar-refractivity contribution in [1.29, 1.82) is 0 Å². The summed E-state index contributed by atoms with van der Waals surface area (Å²) >= 11 is 0. The maximum Gasteiger partial charge on any atom is 0.347 e. The molecule has 0 spiro atoms. The fourth-order valence-electron chi connectivity index (χ4n) is 1.48. The highest BCUT2D eigenvalue weighted by Gasteiger charge is 2.34. The molecule has 0 bridgehead atoms. The number of nitrogens with zero attached hydrogens (tertiary/aromatic N) is 1. The first-order valence-corrected chi connectivity index (χ1v) is 4.67. The van der Waals surface area contributed by atoms with Crippen molar-refractivity contribution in [2.45, 2.75) is 6.92 Å². The Hall–Kier alpha value is -2.77. The molecule has 1 aromatic rings. The SMILES string of the molecule is CC(=O)Oc1cc2c(cc1[N+](=O)[O-])C(=O)OC2=O. The van der Waals surface area contributed by atoms with Crippen molar-refractivity contribution >= 4 is 23.6 Å². The van der Waals surface area contributed by atoms with Crippen LogP contribution in [0.4, 0.5) is 5.69 Å². The molecule has 0 unspecified atom stereocenters. The van der Waals surface area contributed by atoms with Gasteiger partial charge in [-0.3, -0.25) is 14.9 Å². The van der Waals surface area contributed by atoms with Crippen LogP contribution in [0.15, 0.2) is 12.1 Å². The molecule has 0 atom stereocenters. The molecule has 1 heterocycles. The fraction of sp³-hybridized carbons (Fsp3) is 0.100. The summed E-state index contributed by atoms with van der Waals surface area (Å²) in [6.45, 7) is 1.06. The zero-order chi connectivity index (χ0) is 13.4. The molecular formula is C10H5NO7. The van der Waals surface area contributed by atoms with Gasteiger partial charge in [-0.05, 0) is 0 Å². The first-order valence-electron chi connectivity index (χ1n) is 4.67. The Morgan fingerprint density at radius 3 is 2.33 bits per heavy atom. The first kappa shape index (κ1) is 11.7. The number of cyclic esters (lactones) is 2. The van der Waals surface area contributed by atoms with Crippen molar-refractivity contribution in [2.24, 2.45) is 0 Å². The van der Waals surface area contributed by atoms with E-state index in [4.69, 9.17) is 0 Å². The summed E-state index contributed by atoms with van der Waals surface area (Å²) in [5.41, 5.74) is -0.972. The predicted molar refractivity (Wildman–Crippen MR) is 54.2 cm³/mol. The predicted octanol–water partition coefficient (Wildman–Crippen LogP) is 0.831. The largest absolute Gasteiger partial charge is 0.419 e. The molecule has 0 aromatic heterocycles. The molecule has 0 fully saturated rings. The maximum absolute atomic E-state index is 11.2. The molecule has 92 valence electrons. The van der Waals surface area contributed by atoms with Gasteiger partial charge in [-0.2, -0.15) is 0 Å². The van der Waals surface area contributed by atoms with Crippen LogP contribution < -0.4 is 4.74 Å². The maximum atomic E-state index is 11.2. The number of fused-ring (bicyclic) bond motifs is 1. The van der Waals surface area contributed by atoms with E-state index in [1.54, 1.807) is 0 Å². The molecule has 8 nitrogen and oxygen atoms in total. The average molecular weight is 251 g/mol. The summed E-state index contributed by atoms with van der Waals surface area (Å²) in [5.74, 6) is -3.08. The summed E-state index contributed by atoms with van der Waals surface area (Å²) in [4.78, 5) is 43.2. The Kier molecular flexibility index (Phi) is 2.55. The first-order chi connectivity index (χ1) is 8.40. The third-order valence-corrected chi connectivity index (χ3v) is 2.17. The quantitative estimate of drug-likeness (QED) is 0.251. The van der Waals surface area contributed by atoms with Gasteiger partial charge < -0.3 is 9.47 Å². The van der Waals surface area contributed by atoms with Crippen LogP contribution in [0.2, 0.25) is 0 Å². The van der Waals surface area contributed by atoms with Gasteiger partial charge >= 0.3 is 23.6 Å². The summed E-state index contributed by atoms with van der Waals surface area (Å²) in [7, 11) is 0. The lowest BCUT2D eigenvalue weighted by Gasteiger charge is -2.03. The second kappa shape index (κ2) is 3.91. The molecule has 0 saturated carbocycles. The number of benzene rings is 1. The molecule has 0 amide bonds. The van der Waals surface area contributed by atoms with E-state index in [-0.39, 0.29) is 11.1 Å². The minimum absolute atomic E-state index is 0.165. The lowest BCUT2D eigenvalue weighted by Crippen LogP contribution is -2.06. The zero-order valence-corrected chi connectivity index (χ0v) is 8.96. The number of ether oxygens (including phenoxy) is 2. The minimum atomic E-state index is -0.965. The Morgan fingerprint density at radius 2 is 1.83 bits per heavy atom. The van der Waals surface area contributed by atoms with Crippen molar-refractivity contribution in [1.82, 2.24) is 0 Å². The van der Waals surface area contributed by atoms with Crippen LogP contribution in [0.3, 0.4) is 0 Å². The van der Waals surface area contributed by atoms with Gasteiger partial charge in [0.2, 0.25) is 5.75 Å². The molecule has 0 N–H and O–H groups in total. The average Bonchev–Trinajstić information content (AvgIpc) is 2.52. The van der Waals surface area contributed by atoms with Gasteiger partial charge in [-0.15, -0.1) is 0 Å². The van der Waals surface area contributed by atoms with Gasteiger partial charge in [-0.25, -0.2) is 9.59 Å². The van der Waals surface area contributed by atoms with Crippen molar-refractivity contribution in [2.75, 3.05) is 0 Å². The van der Waals surface area contributed by atoms with Gasteiger partial charge in [0, 0.05) is 19.1 Å². The zero-order valence-electron chi connectivity index (χ0n) is 8.96. The Labute approximate surface area is 99.2 Å². The number of nitro benzene ring substituents is 1. The van der Waals surface area contributed by atoms with Crippen LogP contribution in [0, 0.1) is 10.1 Å². The van der Waals surface area contributed by atoms with Crippen molar-refractivity contribution < 1.29 is 28.8 Å². The van der Waals surface area contributed by atoms with Crippen LogP contribution in [-0.4, -0.2) is 22.8 Å². The summed E-state index contributed by atoms with van der Waals surface area (Å²) in [5, 5.41) is 10.8. The molecule has 8 heteroatoms. The third kappa shape index (κ3) is 1.79. The standard InChI is InChI=1S/C10H5NO7/c1-4(12)17-8-3-6-5(2-7(8)11(15)16)9(13)18-10(6)14/h2-3H,1H3. The van der Waals surface area contributed by atoms with Crippen LogP contribution in [0.25, 0.3) is 0 Å². The van der Waals surface area contributed by atoms with Crippen molar-refractivity contribution in [3.05, 3.63) is 33.4 Å². The van der Waals surface area contributed by atoms with E-state index >= 15 is 0 Å². The topological polar surface area (TPSA) is 113 Å². The smallest absolute Gasteiger partial charge is 0.347 e. The Bertz CT molecular complexity index is 604. The highest BCUT2D eigenvalue weighted by atomic mass is 16.6. The van der Waals surface area contributed by atoms with Gasteiger partial charge in [0.25, 0.3) is 0 Å². The van der Waals surface area contributed by atoms with E-state index in [1.165, 1.54) is 0 Å². The molecule has 0 radical (unpaired) electrons. The highest BCUT2D eigenvalue weighted by molar-refractivity contribution is 6.15. The van der Waals surface area contributed by atoms with E-state index in [2.05, 4.69) is 9.47 Å². The second-order valence-electron chi connectivity index (χ2n) is 3.39. The van der Waals surface area contributed by atoms with Gasteiger partial charge in [0.15, 0.2) is 0 Å². The van der Waals surface area contributed by atoms with Crippen LogP contribution in [-0.2, 0) is 9.53 Å². The number of hydrogen-bond acceptors (Lipinski definition) is 7. The highest BCUT2D eigenvalue weighted by Crippen LogP contribution is 2.34. The molecule has 2 rings (SSSR count). The molecule has 1 aliphatic rings. The third-order valence-electron chi connectivity index (χ3n) is 2.17. The van der Waals surface area contributed by atoms with Crippen LogP contribution in [0.5, 0.6) is 5.75 Å². The number of carbonyl (C=O) groups excluding carboxylic acids is 3. The van der Waals surface area contributed by atoms with E-state index in [0.717, 1.165) is 19.1 Å². The molecule has 1 aromatic carbocycles. The molecular weight excluding hydrogens is 246 g/mol. The number of rotatable bonds is 2. The number of esters is 3. The van der Waals surface area contributed by atoms with Crippen molar-refractivity contribution in [3.8, 4) is 5.75 Å². The van der Waals surface area contributed by atoms with E-state index in [1.807, 2.05) is 0 Å². The molecule has 1 aliphatic heterocycles. The lowest BCUT2D eigenvalue weighted by molar-refractivity contribution is -0.385. The summed E-state index contributed by atoms with van der Waals surface area (Å²) in [6.07, 6.45) is 0. The van der Waals surface area contributed by atoms with E-state index in [0.29, 0.717) is 0 Å². The summed E-state index contributed by atoms with van der Waals surface area (Å²) in [6, 6.07) is 1.79. The second-order valence-corrected chi connectivity index (χ2v) is 3.39. The van der Waals surface area contributed by atoms with Crippen LogP contribution >= 0.6 is 0 Å². The van der Waals surface area contributed by atoms with E-state index in [9.17, 15) is 24.5 Å². The lowest BCUT2D eigenvalue weighted by atomic mass is 10.1. The van der Waals surface area contributed by atoms with Gasteiger partial charge in [0.1, 0.15) is 0 Å². The van der Waals surface area contributed by atoms with Crippen LogP contribution in [0.1, 0.15) is 27.6 Å². The Balaban J connectivity index is 2.63. The molecule has 18 heavy (non-hydrogen) atoms. The molecule has 0 aliphatic carbocycles. The number of hydrogen-bond donors (Lipinski definition) is 0. The normalized spacial score (nSPS) is 12.9. The van der Waals surface area contributed by atoms with E-state index < -0.39 is 34.3 Å². The van der Waals surface area contributed by atoms with Gasteiger partial charge in [0.05, 0.1) is 16.1 Å². The monoisotopic (exact) mass is 251 g/mol. The van der Waals surface area contributed by atoms with Crippen molar-refractivity contribution in [3.63, 3.8) is 0 Å². The minimum Gasteiger partial charge on any atom is -0.419 e. The number of nitro groups is 1. The number of carbonyl (C=O) groups is 3. The summed E-state index contributed by atoms with van der Waals surface area (Å²) < 4.78 is 8.90. The Morgan fingerprint density at radius 1 is 1.28 bits per heavy atom. The van der Waals surface area contributed by atoms with Gasteiger partial charge in [-0.1, -0.05) is 0 Å². The molecule has 0 saturated heterocycles. The fourth-order valence-corrected chi connectivity index (χ4v) is 1.48.